The van der Waals surface area contributed by atoms with Crippen LogP contribution in [0.25, 0.3) is 0 Å². The van der Waals surface area contributed by atoms with Crippen LogP contribution in [0.5, 0.6) is 0 Å². The molecule has 0 bridgehead atoms. The molecule has 0 spiro atoms. The summed E-state index contributed by atoms with van der Waals surface area (Å²) in [6, 6.07) is 0.640. The monoisotopic (exact) mass is 243 g/mol. The molecule has 104 valence electrons. The van der Waals surface area contributed by atoms with E-state index in [0.29, 0.717) is 6.04 Å². The first-order chi connectivity index (χ1) is 8.00. The van der Waals surface area contributed by atoms with E-state index in [0.717, 1.165) is 12.3 Å². The summed E-state index contributed by atoms with van der Waals surface area (Å²) < 4.78 is 5.50. The number of nitrogens with one attached hydrogen (secondary N) is 1. The Hall–Kier alpha value is -0.0800. The second kappa shape index (κ2) is 8.93. The molecule has 0 aromatic rings. The van der Waals surface area contributed by atoms with E-state index < -0.39 is 0 Å². The van der Waals surface area contributed by atoms with Crippen molar-refractivity contribution in [1.29, 1.82) is 0 Å². The van der Waals surface area contributed by atoms with Gasteiger partial charge in [0.15, 0.2) is 0 Å². The average Bonchev–Trinajstić information content (AvgIpc) is 2.33. The molecule has 0 saturated carbocycles. The molecular formula is C15H33NO. The molecule has 0 heterocycles. The summed E-state index contributed by atoms with van der Waals surface area (Å²) in [5.41, 5.74) is 0.0121. The third kappa shape index (κ3) is 7.05. The first-order valence-corrected chi connectivity index (χ1v) is 7.23. The number of methoxy groups -OCH3 is 1. The van der Waals surface area contributed by atoms with Crippen molar-refractivity contribution in [2.24, 2.45) is 5.92 Å². The fourth-order valence-electron chi connectivity index (χ4n) is 2.38. The zero-order valence-corrected chi connectivity index (χ0v) is 12.8. The van der Waals surface area contributed by atoms with Gasteiger partial charge in [0.1, 0.15) is 0 Å². The third-order valence-electron chi connectivity index (χ3n) is 4.00. The van der Waals surface area contributed by atoms with Crippen LogP contribution in [-0.4, -0.2) is 25.8 Å². The van der Waals surface area contributed by atoms with Crippen LogP contribution in [0.4, 0.5) is 0 Å². The molecule has 1 N–H and O–H groups in total. The van der Waals surface area contributed by atoms with Crippen molar-refractivity contribution in [3.8, 4) is 0 Å². The molecule has 0 fully saturated rings. The summed E-state index contributed by atoms with van der Waals surface area (Å²) in [5.74, 6) is 0.813. The summed E-state index contributed by atoms with van der Waals surface area (Å²) >= 11 is 0. The molecule has 0 aliphatic carbocycles. The van der Waals surface area contributed by atoms with E-state index in [1.165, 1.54) is 32.1 Å². The van der Waals surface area contributed by atoms with Crippen LogP contribution in [0.2, 0.25) is 0 Å². The molecule has 0 aliphatic heterocycles. The average molecular weight is 243 g/mol. The first kappa shape index (κ1) is 16.9. The van der Waals surface area contributed by atoms with Crippen molar-refractivity contribution >= 4 is 0 Å². The van der Waals surface area contributed by atoms with Gasteiger partial charge in [-0.3, -0.25) is 0 Å². The van der Waals surface area contributed by atoms with Gasteiger partial charge in [0, 0.05) is 13.2 Å². The van der Waals surface area contributed by atoms with Crippen LogP contribution in [0.1, 0.15) is 66.2 Å². The molecule has 17 heavy (non-hydrogen) atoms. The van der Waals surface area contributed by atoms with Crippen LogP contribution >= 0.6 is 0 Å². The summed E-state index contributed by atoms with van der Waals surface area (Å²) in [5, 5.41) is 3.50. The number of hydrogen-bond donors (Lipinski definition) is 1. The van der Waals surface area contributed by atoms with Gasteiger partial charge in [-0.1, -0.05) is 33.1 Å². The zero-order chi connectivity index (χ0) is 13.3. The number of unbranched alkanes of at least 4 members (excludes halogenated alkanes) is 1. The van der Waals surface area contributed by atoms with Gasteiger partial charge in [-0.05, 0) is 46.1 Å². The highest BCUT2D eigenvalue weighted by molar-refractivity contribution is 4.78. The van der Waals surface area contributed by atoms with E-state index in [1.54, 1.807) is 0 Å². The Morgan fingerprint density at radius 2 is 1.82 bits per heavy atom. The van der Waals surface area contributed by atoms with E-state index >= 15 is 0 Å². The van der Waals surface area contributed by atoms with Gasteiger partial charge in [-0.15, -0.1) is 0 Å². The van der Waals surface area contributed by atoms with Crippen LogP contribution in [0.3, 0.4) is 0 Å². The fourth-order valence-corrected chi connectivity index (χ4v) is 2.38. The molecule has 0 amide bonds. The Labute approximate surface area is 109 Å². The van der Waals surface area contributed by atoms with E-state index in [4.69, 9.17) is 4.74 Å². The maximum Gasteiger partial charge on any atom is 0.0623 e. The lowest BCUT2D eigenvalue weighted by Gasteiger charge is -2.30. The fraction of sp³-hybridized carbons (Fsp3) is 1.00. The number of rotatable bonds is 10. The minimum atomic E-state index is 0.0121. The molecule has 0 radical (unpaired) electrons. The summed E-state index contributed by atoms with van der Waals surface area (Å²) in [6.07, 6.45) is 7.61. The highest BCUT2D eigenvalue weighted by atomic mass is 16.5. The zero-order valence-electron chi connectivity index (χ0n) is 12.8. The normalized spacial score (nSPS) is 15.9. The lowest BCUT2D eigenvalue weighted by molar-refractivity contribution is 0.0101. The van der Waals surface area contributed by atoms with Gasteiger partial charge < -0.3 is 10.1 Å². The molecule has 2 nitrogen and oxygen atoms in total. The molecule has 2 heteroatoms. The molecule has 2 unspecified atom stereocenters. The lowest BCUT2D eigenvalue weighted by Crippen LogP contribution is -2.36. The van der Waals surface area contributed by atoms with Gasteiger partial charge in [0.25, 0.3) is 0 Å². The summed E-state index contributed by atoms with van der Waals surface area (Å²) in [6.45, 7) is 8.93. The Morgan fingerprint density at radius 1 is 1.18 bits per heavy atom. The van der Waals surface area contributed by atoms with Crippen molar-refractivity contribution < 1.29 is 4.74 Å². The van der Waals surface area contributed by atoms with Crippen LogP contribution < -0.4 is 5.32 Å². The molecule has 2 atom stereocenters. The molecule has 0 aromatic carbocycles. The first-order valence-electron chi connectivity index (χ1n) is 7.23. The lowest BCUT2D eigenvalue weighted by atomic mass is 9.86. The quantitative estimate of drug-likeness (QED) is 0.626. The van der Waals surface area contributed by atoms with Gasteiger partial charge in [0.2, 0.25) is 0 Å². The van der Waals surface area contributed by atoms with Crippen molar-refractivity contribution in [2.75, 3.05) is 14.2 Å². The molecule has 0 rings (SSSR count). The second-order valence-electron chi connectivity index (χ2n) is 5.71. The van der Waals surface area contributed by atoms with E-state index in [-0.39, 0.29) is 5.60 Å². The van der Waals surface area contributed by atoms with Crippen LogP contribution in [0.15, 0.2) is 0 Å². The topological polar surface area (TPSA) is 21.3 Å². The predicted octanol–water partition coefficient (Wildman–Crippen LogP) is 4.00. The highest BCUT2D eigenvalue weighted by Gasteiger charge is 2.22. The minimum Gasteiger partial charge on any atom is -0.379 e. The molecule has 0 aliphatic rings. The predicted molar refractivity (Wildman–Crippen MR) is 76.5 cm³/mol. The Bertz CT molecular complexity index is 180. The Kier molecular flexibility index (Phi) is 8.89. The van der Waals surface area contributed by atoms with Crippen LogP contribution in [-0.2, 0) is 4.74 Å². The van der Waals surface area contributed by atoms with Gasteiger partial charge >= 0.3 is 0 Å². The molecule has 0 aromatic heterocycles. The summed E-state index contributed by atoms with van der Waals surface area (Å²) in [4.78, 5) is 0. The molecular weight excluding hydrogens is 210 g/mol. The van der Waals surface area contributed by atoms with Gasteiger partial charge in [0.05, 0.1) is 5.60 Å². The SMILES string of the molecule is CCCCC(CC)C(CCC(C)(C)OC)NC. The number of ether oxygens (including phenoxy) is 1. The number of hydrogen-bond acceptors (Lipinski definition) is 2. The van der Waals surface area contributed by atoms with Crippen LogP contribution in [0, 0.1) is 5.92 Å². The minimum absolute atomic E-state index is 0.0121. The van der Waals surface area contributed by atoms with Crippen molar-refractivity contribution in [2.45, 2.75) is 77.9 Å². The van der Waals surface area contributed by atoms with Crippen molar-refractivity contribution in [1.82, 2.24) is 5.32 Å². The highest BCUT2D eigenvalue weighted by Crippen LogP contribution is 2.24. The van der Waals surface area contributed by atoms with Crippen molar-refractivity contribution in [3.05, 3.63) is 0 Å². The van der Waals surface area contributed by atoms with Gasteiger partial charge in [-0.25, -0.2) is 0 Å². The maximum atomic E-state index is 5.50. The third-order valence-corrected chi connectivity index (χ3v) is 4.00. The van der Waals surface area contributed by atoms with Gasteiger partial charge in [-0.2, -0.15) is 0 Å². The smallest absolute Gasteiger partial charge is 0.0623 e. The standard InChI is InChI=1S/C15H33NO/c1-7-9-10-13(8-2)14(16-5)11-12-15(3,4)17-6/h13-14,16H,7-12H2,1-6H3. The van der Waals surface area contributed by atoms with Crippen molar-refractivity contribution in [3.63, 3.8) is 0 Å². The van der Waals surface area contributed by atoms with E-state index in [9.17, 15) is 0 Å². The second-order valence-corrected chi connectivity index (χ2v) is 5.71. The van der Waals surface area contributed by atoms with E-state index in [1.807, 2.05) is 7.11 Å². The Morgan fingerprint density at radius 3 is 2.24 bits per heavy atom. The van der Waals surface area contributed by atoms with E-state index in [2.05, 4.69) is 40.1 Å². The Balaban J connectivity index is 4.19. The maximum absolute atomic E-state index is 5.50. The largest absolute Gasteiger partial charge is 0.379 e. The molecule has 0 saturated heterocycles. The summed E-state index contributed by atoms with van der Waals surface area (Å²) in [7, 11) is 3.90.